The number of nitrogens with zero attached hydrogens (tertiary/aromatic N) is 7. The highest BCUT2D eigenvalue weighted by Crippen LogP contribution is 2.38. The molecule has 2 aromatic carbocycles. The highest BCUT2D eigenvalue weighted by atomic mass is 19.1. The van der Waals surface area contributed by atoms with E-state index in [4.69, 9.17) is 14.2 Å². The van der Waals surface area contributed by atoms with Crippen LogP contribution in [0.2, 0.25) is 0 Å². The van der Waals surface area contributed by atoms with Crippen LogP contribution in [-0.2, 0) is 0 Å². The van der Waals surface area contributed by atoms with Gasteiger partial charge in [0, 0.05) is 31.7 Å². The molecule has 12 heteroatoms. The lowest BCUT2D eigenvalue weighted by atomic mass is 10.1. The van der Waals surface area contributed by atoms with Crippen molar-refractivity contribution in [2.24, 2.45) is 0 Å². The molecule has 1 saturated heterocycles. The Kier molecular flexibility index (Phi) is 6.23. The molecule has 0 spiro atoms. The van der Waals surface area contributed by atoms with Crippen molar-refractivity contribution in [2.75, 3.05) is 52.4 Å². The number of hydrogen-bond donors (Lipinski definition) is 0. The summed E-state index contributed by atoms with van der Waals surface area (Å²) in [6, 6.07) is 9.23. The molecule has 0 atom stereocenters. The maximum atomic E-state index is 13.3. The third-order valence-electron chi connectivity index (χ3n) is 6.07. The quantitative estimate of drug-likeness (QED) is 0.400. The number of carbonyl (C=O) groups excluding carboxylic acids is 1. The third kappa shape index (κ3) is 4.10. The third-order valence-corrected chi connectivity index (χ3v) is 6.07. The summed E-state index contributed by atoms with van der Waals surface area (Å²) >= 11 is 0. The molecule has 0 unspecified atom stereocenters. The van der Waals surface area contributed by atoms with Crippen molar-refractivity contribution in [1.29, 1.82) is 0 Å². The zero-order valence-corrected chi connectivity index (χ0v) is 20.0. The Hall–Kier alpha value is -4.48. The van der Waals surface area contributed by atoms with E-state index in [1.54, 1.807) is 33.8 Å². The second-order valence-corrected chi connectivity index (χ2v) is 8.04. The first kappa shape index (κ1) is 23.3. The van der Waals surface area contributed by atoms with Gasteiger partial charge in [0.05, 0.1) is 27.0 Å². The van der Waals surface area contributed by atoms with Crippen LogP contribution in [0, 0.1) is 5.82 Å². The lowest BCUT2D eigenvalue weighted by molar-refractivity contribution is 0.0745. The predicted molar refractivity (Wildman–Crippen MR) is 129 cm³/mol. The topological polar surface area (TPSA) is 108 Å². The first-order valence-electron chi connectivity index (χ1n) is 11.2. The Balaban J connectivity index is 1.35. The van der Waals surface area contributed by atoms with E-state index >= 15 is 0 Å². The van der Waals surface area contributed by atoms with Gasteiger partial charge in [-0.3, -0.25) is 4.79 Å². The molecule has 0 bridgehead atoms. The van der Waals surface area contributed by atoms with Gasteiger partial charge in [0.25, 0.3) is 5.91 Å². The van der Waals surface area contributed by atoms with E-state index in [1.807, 2.05) is 4.90 Å². The number of carbonyl (C=O) groups is 1. The second-order valence-electron chi connectivity index (χ2n) is 8.04. The average Bonchev–Trinajstić information content (AvgIpc) is 3.36. The van der Waals surface area contributed by atoms with Crippen LogP contribution in [-0.4, -0.2) is 83.3 Å². The molecule has 36 heavy (non-hydrogen) atoms. The molecular weight excluding hydrogens is 469 g/mol. The lowest BCUT2D eigenvalue weighted by Crippen LogP contribution is -2.49. The second kappa shape index (κ2) is 9.64. The summed E-state index contributed by atoms with van der Waals surface area (Å²) < 4.78 is 31.0. The molecule has 0 radical (unpaired) electrons. The minimum Gasteiger partial charge on any atom is -0.493 e. The normalized spacial score (nSPS) is 13.7. The fraction of sp³-hybridized carbons (Fsp3) is 0.292. The number of aromatic nitrogens is 5. The molecule has 3 heterocycles. The van der Waals surface area contributed by atoms with Crippen LogP contribution in [0.15, 0.2) is 42.7 Å². The summed E-state index contributed by atoms with van der Waals surface area (Å²) in [4.78, 5) is 25.8. The molecule has 0 aliphatic carbocycles. The van der Waals surface area contributed by atoms with Crippen LogP contribution in [0.4, 0.5) is 10.2 Å². The maximum Gasteiger partial charge on any atom is 0.254 e. The number of rotatable bonds is 6. The summed E-state index contributed by atoms with van der Waals surface area (Å²) in [5.74, 6) is 1.44. The Bertz CT molecular complexity index is 1380. The molecule has 4 aromatic rings. The highest BCUT2D eigenvalue weighted by molar-refractivity contribution is 5.96. The van der Waals surface area contributed by atoms with Gasteiger partial charge in [0.2, 0.25) is 5.75 Å². The van der Waals surface area contributed by atoms with Gasteiger partial charge in [-0.15, -0.1) is 5.10 Å². The monoisotopic (exact) mass is 493 g/mol. The molecule has 186 valence electrons. The molecule has 1 amide bonds. The van der Waals surface area contributed by atoms with Gasteiger partial charge >= 0.3 is 0 Å². The highest BCUT2D eigenvalue weighted by Gasteiger charge is 2.27. The number of amides is 1. The molecule has 1 aliphatic heterocycles. The summed E-state index contributed by atoms with van der Waals surface area (Å²) in [6.07, 6.45) is 1.45. The zero-order valence-electron chi connectivity index (χ0n) is 20.0. The molecule has 0 N–H and O–H groups in total. The number of ether oxygens (including phenoxy) is 3. The van der Waals surface area contributed by atoms with Crippen LogP contribution in [0.25, 0.3) is 16.9 Å². The molecule has 1 aliphatic rings. The zero-order chi connectivity index (χ0) is 25.2. The van der Waals surface area contributed by atoms with Crippen molar-refractivity contribution in [3.8, 4) is 22.9 Å². The Labute approximate surface area is 206 Å². The van der Waals surface area contributed by atoms with Crippen LogP contribution < -0.4 is 19.1 Å². The van der Waals surface area contributed by atoms with E-state index < -0.39 is 0 Å². The smallest absolute Gasteiger partial charge is 0.254 e. The van der Waals surface area contributed by atoms with Crippen LogP contribution in [0.5, 0.6) is 17.2 Å². The summed E-state index contributed by atoms with van der Waals surface area (Å²) in [7, 11) is 4.54. The summed E-state index contributed by atoms with van der Waals surface area (Å²) in [5.41, 5.74) is 2.14. The molecule has 5 rings (SSSR count). The van der Waals surface area contributed by atoms with Crippen LogP contribution in [0.3, 0.4) is 0 Å². The summed E-state index contributed by atoms with van der Waals surface area (Å²) in [5, 5.41) is 8.48. The molecule has 11 nitrogen and oxygen atoms in total. The van der Waals surface area contributed by atoms with Gasteiger partial charge in [-0.05, 0) is 36.4 Å². The van der Waals surface area contributed by atoms with E-state index in [2.05, 4.69) is 20.3 Å². The first-order valence-corrected chi connectivity index (χ1v) is 11.2. The minimum atomic E-state index is -0.336. The van der Waals surface area contributed by atoms with Crippen molar-refractivity contribution in [1.82, 2.24) is 29.9 Å². The van der Waals surface area contributed by atoms with E-state index in [0.29, 0.717) is 71.7 Å². The fourth-order valence-corrected chi connectivity index (χ4v) is 4.23. The van der Waals surface area contributed by atoms with Gasteiger partial charge in [0.15, 0.2) is 28.5 Å². The van der Waals surface area contributed by atoms with Crippen LogP contribution in [0.1, 0.15) is 10.4 Å². The number of benzene rings is 2. The van der Waals surface area contributed by atoms with Crippen molar-refractivity contribution in [3.63, 3.8) is 0 Å². The van der Waals surface area contributed by atoms with E-state index in [-0.39, 0.29) is 11.7 Å². The van der Waals surface area contributed by atoms with Crippen molar-refractivity contribution in [3.05, 3.63) is 54.1 Å². The van der Waals surface area contributed by atoms with E-state index in [9.17, 15) is 9.18 Å². The van der Waals surface area contributed by atoms with Gasteiger partial charge in [-0.25, -0.2) is 14.4 Å². The van der Waals surface area contributed by atoms with Crippen LogP contribution >= 0.6 is 0 Å². The Morgan fingerprint density at radius 1 is 0.917 bits per heavy atom. The van der Waals surface area contributed by atoms with Gasteiger partial charge in [0.1, 0.15) is 12.1 Å². The van der Waals surface area contributed by atoms with Crippen molar-refractivity contribution in [2.45, 2.75) is 0 Å². The Morgan fingerprint density at radius 2 is 1.58 bits per heavy atom. The maximum absolute atomic E-state index is 13.3. The largest absolute Gasteiger partial charge is 0.493 e. The number of anilines is 1. The molecule has 0 saturated carbocycles. The Morgan fingerprint density at radius 3 is 2.19 bits per heavy atom. The standard InChI is InChI=1S/C24H24FN7O4/c1-34-18-12-15(13-19(35-2)21(18)36-3)24(33)31-10-8-30(9-11-31)22-20-23(27-14-26-22)32(29-28-20)17-6-4-16(25)5-7-17/h4-7,12-14H,8-11H2,1-3H3. The molecular formula is C24H24FN7O4. The summed E-state index contributed by atoms with van der Waals surface area (Å²) in [6.45, 7) is 2.05. The number of hydrogen-bond acceptors (Lipinski definition) is 9. The van der Waals surface area contributed by atoms with Crippen molar-refractivity contribution >= 4 is 22.9 Å². The number of halogens is 1. The molecule has 1 fully saturated rings. The number of methoxy groups -OCH3 is 3. The van der Waals surface area contributed by atoms with Gasteiger partial charge < -0.3 is 24.0 Å². The van der Waals surface area contributed by atoms with Gasteiger partial charge in [-0.1, -0.05) is 5.21 Å². The molecule has 2 aromatic heterocycles. The number of fused-ring (bicyclic) bond motifs is 1. The average molecular weight is 493 g/mol. The number of piperazine rings is 1. The lowest BCUT2D eigenvalue weighted by Gasteiger charge is -2.35. The fourth-order valence-electron chi connectivity index (χ4n) is 4.23. The first-order chi connectivity index (χ1) is 17.5. The van der Waals surface area contributed by atoms with Crippen molar-refractivity contribution < 1.29 is 23.4 Å². The van der Waals surface area contributed by atoms with Gasteiger partial charge in [-0.2, -0.15) is 4.68 Å². The SMILES string of the molecule is COc1cc(C(=O)N2CCN(c3ncnc4c3nnn4-c3ccc(F)cc3)CC2)cc(OC)c1OC. The predicted octanol–water partition coefficient (Wildman–Crippen LogP) is 2.34. The van der Waals surface area contributed by atoms with E-state index in [0.717, 1.165) is 0 Å². The van der Waals surface area contributed by atoms with E-state index in [1.165, 1.54) is 39.8 Å². The minimum absolute atomic E-state index is 0.135.